The molecule has 0 heterocycles. The Morgan fingerprint density at radius 3 is 2.76 bits per heavy atom. The highest BCUT2D eigenvalue weighted by Gasteiger charge is 2.04. The highest BCUT2D eigenvalue weighted by molar-refractivity contribution is 5.76. The molecule has 2 rings (SSSR count). The van der Waals surface area contributed by atoms with Gasteiger partial charge in [-0.2, -0.15) is 0 Å². The number of hydrogen-bond acceptors (Lipinski definition) is 3. The summed E-state index contributed by atoms with van der Waals surface area (Å²) in [5.41, 5.74) is 8.62. The third kappa shape index (κ3) is 4.53. The van der Waals surface area contributed by atoms with Crippen molar-refractivity contribution in [3.8, 4) is 5.75 Å². The molecule has 110 valence electrons. The average Bonchev–Trinajstić information content (AvgIpc) is 2.52. The van der Waals surface area contributed by atoms with Gasteiger partial charge in [-0.05, 0) is 35.7 Å². The summed E-state index contributed by atoms with van der Waals surface area (Å²) in [6.07, 6.45) is 1.08. The quantitative estimate of drug-likeness (QED) is 0.801. The second-order valence-electron chi connectivity index (χ2n) is 4.83. The summed E-state index contributed by atoms with van der Waals surface area (Å²) in [6, 6.07) is 15.3. The van der Waals surface area contributed by atoms with Gasteiger partial charge in [0.15, 0.2) is 0 Å². The number of carbonyl (C=O) groups excluding carboxylic acids is 1. The van der Waals surface area contributed by atoms with Crippen LogP contribution in [0.4, 0.5) is 5.69 Å². The number of para-hydroxylation sites is 1. The van der Waals surface area contributed by atoms with Gasteiger partial charge in [-0.15, -0.1) is 0 Å². The number of methoxy groups -OCH3 is 1. The second kappa shape index (κ2) is 7.33. The first kappa shape index (κ1) is 14.9. The first-order valence-electron chi connectivity index (χ1n) is 6.92. The zero-order valence-electron chi connectivity index (χ0n) is 12.1. The molecule has 0 radical (unpaired) electrons. The Hall–Kier alpha value is -2.49. The molecule has 0 bridgehead atoms. The Balaban J connectivity index is 1.81. The lowest BCUT2D eigenvalue weighted by atomic mass is 10.1. The number of carbonyl (C=O) groups is 1. The maximum Gasteiger partial charge on any atom is 0.220 e. The first-order chi connectivity index (χ1) is 10.2. The lowest BCUT2D eigenvalue weighted by Gasteiger charge is -2.08. The highest BCUT2D eigenvalue weighted by atomic mass is 16.5. The number of benzene rings is 2. The zero-order chi connectivity index (χ0) is 15.1. The molecule has 2 aromatic rings. The van der Waals surface area contributed by atoms with E-state index in [1.807, 2.05) is 48.5 Å². The van der Waals surface area contributed by atoms with E-state index in [0.29, 0.717) is 19.4 Å². The standard InChI is InChI=1S/C17H20N2O2/c1-21-15-7-4-5-13(11-15)12-19-17(20)10-9-14-6-2-3-8-16(14)18/h2-8,11H,9-10,12,18H2,1H3,(H,19,20). The summed E-state index contributed by atoms with van der Waals surface area (Å²) in [4.78, 5) is 11.9. The fourth-order valence-corrected chi connectivity index (χ4v) is 2.08. The predicted molar refractivity (Wildman–Crippen MR) is 84.0 cm³/mol. The van der Waals surface area contributed by atoms with Crippen molar-refractivity contribution in [2.75, 3.05) is 12.8 Å². The van der Waals surface area contributed by atoms with Gasteiger partial charge in [-0.25, -0.2) is 0 Å². The van der Waals surface area contributed by atoms with E-state index in [-0.39, 0.29) is 5.91 Å². The van der Waals surface area contributed by atoms with E-state index in [9.17, 15) is 4.79 Å². The van der Waals surface area contributed by atoms with Crippen LogP contribution in [0.2, 0.25) is 0 Å². The van der Waals surface area contributed by atoms with Crippen molar-refractivity contribution in [1.29, 1.82) is 0 Å². The highest BCUT2D eigenvalue weighted by Crippen LogP contribution is 2.13. The van der Waals surface area contributed by atoms with Crippen LogP contribution in [0.3, 0.4) is 0 Å². The van der Waals surface area contributed by atoms with Crippen molar-refractivity contribution in [2.45, 2.75) is 19.4 Å². The van der Waals surface area contributed by atoms with Gasteiger partial charge >= 0.3 is 0 Å². The maximum atomic E-state index is 11.9. The monoisotopic (exact) mass is 284 g/mol. The fourth-order valence-electron chi connectivity index (χ4n) is 2.08. The van der Waals surface area contributed by atoms with Crippen molar-refractivity contribution in [2.24, 2.45) is 0 Å². The summed E-state index contributed by atoms with van der Waals surface area (Å²) in [5.74, 6) is 0.805. The molecule has 1 amide bonds. The molecule has 4 nitrogen and oxygen atoms in total. The Labute approximate surface area is 124 Å². The van der Waals surface area contributed by atoms with Crippen molar-refractivity contribution in [1.82, 2.24) is 5.32 Å². The van der Waals surface area contributed by atoms with E-state index in [0.717, 1.165) is 22.6 Å². The van der Waals surface area contributed by atoms with Gasteiger partial charge < -0.3 is 15.8 Å². The Morgan fingerprint density at radius 2 is 2.00 bits per heavy atom. The van der Waals surface area contributed by atoms with Gasteiger partial charge in [0.1, 0.15) is 5.75 Å². The SMILES string of the molecule is COc1cccc(CNC(=O)CCc2ccccc2N)c1. The van der Waals surface area contributed by atoms with Crippen LogP contribution < -0.4 is 15.8 Å². The van der Waals surface area contributed by atoms with E-state index in [1.165, 1.54) is 0 Å². The molecule has 0 aliphatic carbocycles. The average molecular weight is 284 g/mol. The minimum absolute atomic E-state index is 0.0149. The molecule has 0 aliphatic heterocycles. The summed E-state index contributed by atoms with van der Waals surface area (Å²) in [5, 5.41) is 2.90. The van der Waals surface area contributed by atoms with Crippen LogP contribution in [0.15, 0.2) is 48.5 Å². The van der Waals surface area contributed by atoms with E-state index in [4.69, 9.17) is 10.5 Å². The van der Waals surface area contributed by atoms with E-state index >= 15 is 0 Å². The lowest BCUT2D eigenvalue weighted by molar-refractivity contribution is -0.121. The Bertz CT molecular complexity index is 611. The summed E-state index contributed by atoms with van der Waals surface area (Å²) >= 11 is 0. The number of nitrogen functional groups attached to an aromatic ring is 1. The van der Waals surface area contributed by atoms with Crippen molar-refractivity contribution >= 4 is 11.6 Å². The molecule has 0 saturated heterocycles. The number of nitrogens with two attached hydrogens (primary N) is 1. The minimum Gasteiger partial charge on any atom is -0.497 e. The lowest BCUT2D eigenvalue weighted by Crippen LogP contribution is -2.23. The summed E-state index contributed by atoms with van der Waals surface area (Å²) < 4.78 is 5.15. The van der Waals surface area contributed by atoms with Crippen LogP contribution in [0.25, 0.3) is 0 Å². The van der Waals surface area contributed by atoms with Crippen LogP contribution in [-0.2, 0) is 17.8 Å². The summed E-state index contributed by atoms with van der Waals surface area (Å²) in [7, 11) is 1.63. The minimum atomic E-state index is 0.0149. The predicted octanol–water partition coefficient (Wildman–Crippen LogP) is 2.53. The largest absolute Gasteiger partial charge is 0.497 e. The Kier molecular flexibility index (Phi) is 5.21. The van der Waals surface area contributed by atoms with Gasteiger partial charge in [0.25, 0.3) is 0 Å². The topological polar surface area (TPSA) is 64.3 Å². The van der Waals surface area contributed by atoms with Crippen molar-refractivity contribution in [3.63, 3.8) is 0 Å². The number of amides is 1. The van der Waals surface area contributed by atoms with E-state index in [1.54, 1.807) is 7.11 Å². The van der Waals surface area contributed by atoms with Crippen molar-refractivity contribution < 1.29 is 9.53 Å². The number of aryl methyl sites for hydroxylation is 1. The van der Waals surface area contributed by atoms with Gasteiger partial charge in [0, 0.05) is 18.7 Å². The molecule has 3 N–H and O–H groups in total. The van der Waals surface area contributed by atoms with Crippen molar-refractivity contribution in [3.05, 3.63) is 59.7 Å². The molecule has 21 heavy (non-hydrogen) atoms. The molecule has 0 spiro atoms. The van der Waals surface area contributed by atoms with Gasteiger partial charge in [-0.1, -0.05) is 30.3 Å². The van der Waals surface area contributed by atoms with Gasteiger partial charge in [-0.3, -0.25) is 4.79 Å². The molecular weight excluding hydrogens is 264 g/mol. The van der Waals surface area contributed by atoms with Crippen LogP contribution in [-0.4, -0.2) is 13.0 Å². The summed E-state index contributed by atoms with van der Waals surface area (Å²) in [6.45, 7) is 0.500. The number of rotatable bonds is 6. The fraction of sp³-hybridized carbons (Fsp3) is 0.235. The molecule has 0 aromatic heterocycles. The Morgan fingerprint density at radius 1 is 1.19 bits per heavy atom. The molecule has 2 aromatic carbocycles. The number of nitrogens with one attached hydrogen (secondary N) is 1. The molecule has 4 heteroatoms. The molecule has 0 atom stereocenters. The third-order valence-electron chi connectivity index (χ3n) is 3.30. The van der Waals surface area contributed by atoms with Crippen LogP contribution in [0.5, 0.6) is 5.75 Å². The van der Waals surface area contributed by atoms with E-state index < -0.39 is 0 Å². The maximum absolute atomic E-state index is 11.9. The number of hydrogen-bond donors (Lipinski definition) is 2. The molecule has 0 fully saturated rings. The third-order valence-corrected chi connectivity index (χ3v) is 3.30. The zero-order valence-corrected chi connectivity index (χ0v) is 12.1. The first-order valence-corrected chi connectivity index (χ1v) is 6.92. The van der Waals surface area contributed by atoms with Crippen LogP contribution in [0.1, 0.15) is 17.5 Å². The second-order valence-corrected chi connectivity index (χ2v) is 4.83. The molecule has 0 aliphatic rings. The number of ether oxygens (including phenoxy) is 1. The molecule has 0 saturated carbocycles. The van der Waals surface area contributed by atoms with E-state index in [2.05, 4.69) is 5.32 Å². The van der Waals surface area contributed by atoms with Crippen LogP contribution >= 0.6 is 0 Å². The smallest absolute Gasteiger partial charge is 0.220 e. The van der Waals surface area contributed by atoms with Gasteiger partial charge in [0.05, 0.1) is 7.11 Å². The molecule has 0 unspecified atom stereocenters. The molecular formula is C17H20N2O2. The normalized spacial score (nSPS) is 10.1. The number of anilines is 1. The van der Waals surface area contributed by atoms with Crippen LogP contribution in [0, 0.1) is 0 Å². The van der Waals surface area contributed by atoms with Gasteiger partial charge in [0.2, 0.25) is 5.91 Å².